The lowest BCUT2D eigenvalue weighted by Gasteiger charge is -2.24. The van der Waals surface area contributed by atoms with E-state index in [0.29, 0.717) is 23.2 Å². The van der Waals surface area contributed by atoms with E-state index in [1.165, 1.54) is 6.07 Å². The van der Waals surface area contributed by atoms with Gasteiger partial charge in [-0.2, -0.15) is 0 Å². The van der Waals surface area contributed by atoms with Gasteiger partial charge in [0.1, 0.15) is 11.3 Å². The van der Waals surface area contributed by atoms with Crippen molar-refractivity contribution in [1.29, 1.82) is 0 Å². The van der Waals surface area contributed by atoms with Crippen molar-refractivity contribution in [3.63, 3.8) is 0 Å². The van der Waals surface area contributed by atoms with E-state index in [1.54, 1.807) is 0 Å². The molecule has 0 bridgehead atoms. The summed E-state index contributed by atoms with van der Waals surface area (Å²) in [5.41, 5.74) is 6.81. The van der Waals surface area contributed by atoms with Crippen molar-refractivity contribution in [1.82, 2.24) is 0 Å². The minimum absolute atomic E-state index is 0. The van der Waals surface area contributed by atoms with Gasteiger partial charge in [0.05, 0.1) is 6.61 Å². The molecule has 1 aromatic rings. The van der Waals surface area contributed by atoms with Gasteiger partial charge in [0.15, 0.2) is 0 Å². The average molecular weight is 309 g/mol. The van der Waals surface area contributed by atoms with Crippen molar-refractivity contribution >= 4 is 34.3 Å². The van der Waals surface area contributed by atoms with Gasteiger partial charge < -0.3 is 15.6 Å². The number of fused-ring (bicyclic) bond motifs is 1. The van der Waals surface area contributed by atoms with Crippen molar-refractivity contribution in [3.05, 3.63) is 27.7 Å². The number of aromatic carboxylic acids is 1. The van der Waals surface area contributed by atoms with Gasteiger partial charge >= 0.3 is 5.97 Å². The molecule has 1 heterocycles. The van der Waals surface area contributed by atoms with E-state index in [9.17, 15) is 4.79 Å². The van der Waals surface area contributed by atoms with Gasteiger partial charge in [-0.25, -0.2) is 4.79 Å². The van der Waals surface area contributed by atoms with E-state index < -0.39 is 5.97 Å². The Balaban J connectivity index is 0.00000128. The molecule has 88 valence electrons. The molecule has 1 aliphatic rings. The average Bonchev–Trinajstić information content (AvgIpc) is 2.18. The van der Waals surface area contributed by atoms with E-state index in [2.05, 4.69) is 15.9 Å². The van der Waals surface area contributed by atoms with Crippen LogP contribution in [0.5, 0.6) is 5.75 Å². The highest BCUT2D eigenvalue weighted by atomic mass is 79.9. The van der Waals surface area contributed by atoms with E-state index in [0.717, 1.165) is 5.56 Å². The number of carboxylic acids is 1. The summed E-state index contributed by atoms with van der Waals surface area (Å²) in [6.07, 6.45) is 0.711. The number of carbonyl (C=O) groups is 1. The molecule has 0 unspecified atom stereocenters. The second kappa shape index (κ2) is 5.03. The van der Waals surface area contributed by atoms with Crippen LogP contribution in [0.1, 0.15) is 28.4 Å². The number of benzene rings is 1. The minimum Gasteiger partial charge on any atom is -0.492 e. The molecule has 0 fully saturated rings. The monoisotopic (exact) mass is 307 g/mol. The lowest BCUT2D eigenvalue weighted by atomic mass is 9.98. The van der Waals surface area contributed by atoms with Crippen molar-refractivity contribution in [2.75, 3.05) is 6.61 Å². The maximum Gasteiger partial charge on any atom is 0.339 e. The lowest BCUT2D eigenvalue weighted by molar-refractivity contribution is 0.0690. The predicted octanol–water partition coefficient (Wildman–Crippen LogP) is 2.35. The molecule has 0 radical (unpaired) electrons. The Hall–Kier alpha value is -0.780. The lowest BCUT2D eigenvalue weighted by Crippen LogP contribution is -2.22. The molecule has 6 heteroatoms. The molecule has 0 aliphatic carbocycles. The SMILES string of the molecule is Cl.N[C@H]1CCOc2c(C(=O)O)cc(Br)cc21. The van der Waals surface area contributed by atoms with Crippen LogP contribution in [0.2, 0.25) is 0 Å². The minimum atomic E-state index is -0.998. The molecule has 0 spiro atoms. The summed E-state index contributed by atoms with van der Waals surface area (Å²) < 4.78 is 6.07. The summed E-state index contributed by atoms with van der Waals surface area (Å²) in [5, 5.41) is 9.01. The summed E-state index contributed by atoms with van der Waals surface area (Å²) in [6.45, 7) is 0.468. The van der Waals surface area contributed by atoms with Crippen LogP contribution >= 0.6 is 28.3 Å². The highest BCUT2D eigenvalue weighted by Crippen LogP contribution is 2.36. The Kier molecular flexibility index (Phi) is 4.18. The molecule has 2 rings (SSSR count). The fourth-order valence-corrected chi connectivity index (χ4v) is 2.13. The summed E-state index contributed by atoms with van der Waals surface area (Å²) in [4.78, 5) is 11.0. The Labute approximate surface area is 107 Å². The van der Waals surface area contributed by atoms with E-state index in [1.807, 2.05) is 6.07 Å². The fraction of sp³-hybridized carbons (Fsp3) is 0.300. The van der Waals surface area contributed by atoms with Crippen molar-refractivity contribution in [2.24, 2.45) is 5.73 Å². The standard InChI is InChI=1S/C10H10BrNO3.ClH/c11-5-3-6-8(12)1-2-15-9(6)7(4-5)10(13)14;/h3-4,8H,1-2,12H2,(H,13,14);1H/t8-;/m0./s1. The van der Waals surface area contributed by atoms with Crippen LogP contribution in [0.3, 0.4) is 0 Å². The first-order chi connectivity index (χ1) is 7.09. The summed E-state index contributed by atoms with van der Waals surface area (Å²) in [7, 11) is 0. The molecule has 0 aromatic heterocycles. The van der Waals surface area contributed by atoms with Crippen molar-refractivity contribution < 1.29 is 14.6 Å². The first-order valence-corrected chi connectivity index (χ1v) is 5.34. The molecule has 1 aromatic carbocycles. The summed E-state index contributed by atoms with van der Waals surface area (Å²) >= 11 is 3.26. The van der Waals surface area contributed by atoms with Crippen molar-refractivity contribution in [3.8, 4) is 5.75 Å². The molecule has 1 aliphatic heterocycles. The van der Waals surface area contributed by atoms with Crippen LogP contribution in [0, 0.1) is 0 Å². The smallest absolute Gasteiger partial charge is 0.339 e. The number of halogens is 2. The molecule has 3 N–H and O–H groups in total. The largest absolute Gasteiger partial charge is 0.492 e. The van der Waals surface area contributed by atoms with Gasteiger partial charge in [0.2, 0.25) is 0 Å². The third-order valence-corrected chi connectivity index (χ3v) is 2.85. The summed E-state index contributed by atoms with van der Waals surface area (Å²) in [6, 6.07) is 3.19. The number of nitrogens with two attached hydrogens (primary N) is 1. The van der Waals surface area contributed by atoms with Crippen LogP contribution in [-0.4, -0.2) is 17.7 Å². The van der Waals surface area contributed by atoms with Crippen LogP contribution in [0.15, 0.2) is 16.6 Å². The predicted molar refractivity (Wildman–Crippen MR) is 65.4 cm³/mol. The van der Waals surface area contributed by atoms with Crippen LogP contribution < -0.4 is 10.5 Å². The molecular formula is C10H11BrClNO3. The fourth-order valence-electron chi connectivity index (χ4n) is 1.65. The Morgan fingerprint density at radius 2 is 2.25 bits per heavy atom. The second-order valence-electron chi connectivity index (χ2n) is 3.42. The Morgan fingerprint density at radius 3 is 2.88 bits per heavy atom. The molecule has 0 saturated carbocycles. The third kappa shape index (κ3) is 2.31. The van der Waals surface area contributed by atoms with Crippen LogP contribution in [0.4, 0.5) is 0 Å². The quantitative estimate of drug-likeness (QED) is 0.835. The summed E-state index contributed by atoms with van der Waals surface area (Å²) in [5.74, 6) is -0.592. The number of hydrogen-bond acceptors (Lipinski definition) is 3. The van der Waals surface area contributed by atoms with Gasteiger partial charge in [0, 0.05) is 22.5 Å². The van der Waals surface area contributed by atoms with Crippen LogP contribution in [0.25, 0.3) is 0 Å². The molecule has 0 amide bonds. The van der Waals surface area contributed by atoms with Gasteiger partial charge in [-0.1, -0.05) is 15.9 Å². The highest BCUT2D eigenvalue weighted by Gasteiger charge is 2.24. The normalized spacial score (nSPS) is 18.0. The molecule has 0 saturated heterocycles. The van der Waals surface area contributed by atoms with Gasteiger partial charge in [-0.15, -0.1) is 12.4 Å². The van der Waals surface area contributed by atoms with E-state index in [-0.39, 0.29) is 24.0 Å². The van der Waals surface area contributed by atoms with E-state index in [4.69, 9.17) is 15.6 Å². The first-order valence-electron chi connectivity index (χ1n) is 4.54. The molecule has 1 atom stereocenters. The van der Waals surface area contributed by atoms with E-state index >= 15 is 0 Å². The zero-order valence-corrected chi connectivity index (χ0v) is 10.7. The van der Waals surface area contributed by atoms with Crippen molar-refractivity contribution in [2.45, 2.75) is 12.5 Å². The number of ether oxygens (including phenoxy) is 1. The second-order valence-corrected chi connectivity index (χ2v) is 4.34. The Bertz CT molecular complexity index is 425. The maximum absolute atomic E-state index is 11.0. The van der Waals surface area contributed by atoms with Crippen LogP contribution in [-0.2, 0) is 0 Å². The third-order valence-electron chi connectivity index (χ3n) is 2.39. The molecule has 4 nitrogen and oxygen atoms in total. The number of carboxylic acid groups (broad SMARTS) is 1. The topological polar surface area (TPSA) is 72.5 Å². The number of hydrogen-bond donors (Lipinski definition) is 2. The Morgan fingerprint density at radius 1 is 1.56 bits per heavy atom. The molecular weight excluding hydrogens is 297 g/mol. The first kappa shape index (κ1) is 13.3. The zero-order chi connectivity index (χ0) is 11.0. The van der Waals surface area contributed by atoms with Gasteiger partial charge in [0.25, 0.3) is 0 Å². The molecule has 16 heavy (non-hydrogen) atoms. The zero-order valence-electron chi connectivity index (χ0n) is 8.27. The van der Waals surface area contributed by atoms with Gasteiger partial charge in [-0.05, 0) is 12.1 Å². The van der Waals surface area contributed by atoms with Gasteiger partial charge in [-0.3, -0.25) is 0 Å². The maximum atomic E-state index is 11.0. The highest BCUT2D eigenvalue weighted by molar-refractivity contribution is 9.10. The number of rotatable bonds is 1.